The minimum absolute atomic E-state index is 0.0635. The Morgan fingerprint density at radius 3 is 2.88 bits per heavy atom. The predicted molar refractivity (Wildman–Crippen MR) is 93.1 cm³/mol. The maximum atomic E-state index is 12.2. The van der Waals surface area contributed by atoms with E-state index in [1.165, 1.54) is 0 Å². The van der Waals surface area contributed by atoms with E-state index in [0.29, 0.717) is 25.4 Å². The molecule has 3 heterocycles. The molecule has 0 bridgehead atoms. The predicted octanol–water partition coefficient (Wildman–Crippen LogP) is 2.09. The largest absolute Gasteiger partial charge is 0.481 e. The minimum atomic E-state index is -0.131. The van der Waals surface area contributed by atoms with Crippen LogP contribution in [0, 0.1) is 0 Å². The Morgan fingerprint density at radius 1 is 1.24 bits per heavy atom. The van der Waals surface area contributed by atoms with E-state index >= 15 is 0 Å². The van der Waals surface area contributed by atoms with Crippen molar-refractivity contribution in [3.63, 3.8) is 0 Å². The summed E-state index contributed by atoms with van der Waals surface area (Å²) in [6, 6.07) is 9.39. The Balaban J connectivity index is 1.76. The number of methoxy groups -OCH3 is 1. The zero-order valence-electron chi connectivity index (χ0n) is 13.8. The Labute approximate surface area is 145 Å². The lowest BCUT2D eigenvalue weighted by Crippen LogP contribution is -2.29. The van der Waals surface area contributed by atoms with Crippen molar-refractivity contribution in [2.24, 2.45) is 0 Å². The van der Waals surface area contributed by atoms with E-state index in [-0.39, 0.29) is 17.9 Å². The number of carbonyl (C=O) groups is 2. The molecule has 7 heteroatoms. The number of fused-ring (bicyclic) bond motifs is 1. The van der Waals surface area contributed by atoms with Crippen molar-refractivity contribution >= 4 is 23.3 Å². The molecule has 1 aromatic heterocycles. The first-order valence-corrected chi connectivity index (χ1v) is 8.15. The third-order valence-corrected chi connectivity index (χ3v) is 4.61. The number of nitrogens with one attached hydrogen (secondary N) is 2. The lowest BCUT2D eigenvalue weighted by atomic mass is 9.85. The monoisotopic (exact) mass is 338 g/mol. The van der Waals surface area contributed by atoms with Crippen LogP contribution in [-0.2, 0) is 4.79 Å². The van der Waals surface area contributed by atoms with E-state index < -0.39 is 0 Å². The van der Waals surface area contributed by atoms with Crippen LogP contribution in [0.5, 0.6) is 5.88 Å². The first-order valence-electron chi connectivity index (χ1n) is 8.15. The molecule has 0 aliphatic carbocycles. The number of pyridine rings is 1. The maximum Gasteiger partial charge on any atom is 0.321 e. The molecular formula is C18H18N4O3. The summed E-state index contributed by atoms with van der Waals surface area (Å²) < 4.78 is 5.36. The average molecular weight is 338 g/mol. The molecule has 7 nitrogen and oxygen atoms in total. The molecule has 2 N–H and O–H groups in total. The summed E-state index contributed by atoms with van der Waals surface area (Å²) in [5.74, 6) is 0.330. The van der Waals surface area contributed by atoms with Crippen LogP contribution >= 0.6 is 0 Å². The van der Waals surface area contributed by atoms with Crippen molar-refractivity contribution in [1.29, 1.82) is 0 Å². The molecule has 1 unspecified atom stereocenters. The highest BCUT2D eigenvalue weighted by atomic mass is 16.5. The first kappa shape index (κ1) is 15.4. The number of nitrogens with zero attached hydrogens (tertiary/aromatic N) is 2. The minimum Gasteiger partial charge on any atom is -0.481 e. The van der Waals surface area contributed by atoms with Gasteiger partial charge in [0, 0.05) is 48.6 Å². The van der Waals surface area contributed by atoms with Gasteiger partial charge in [0.2, 0.25) is 11.8 Å². The summed E-state index contributed by atoms with van der Waals surface area (Å²) >= 11 is 0. The number of rotatable bonds is 3. The Bertz CT molecular complexity index is 852. The van der Waals surface area contributed by atoms with Gasteiger partial charge >= 0.3 is 6.03 Å². The summed E-state index contributed by atoms with van der Waals surface area (Å²) in [6.07, 6.45) is 2.00. The van der Waals surface area contributed by atoms with Crippen LogP contribution in [0.25, 0.3) is 0 Å². The molecule has 0 saturated carbocycles. The van der Waals surface area contributed by atoms with Crippen LogP contribution in [0.4, 0.5) is 16.2 Å². The zero-order valence-corrected chi connectivity index (χ0v) is 13.8. The molecule has 25 heavy (non-hydrogen) atoms. The first-order chi connectivity index (χ1) is 12.2. The smallest absolute Gasteiger partial charge is 0.321 e. The number of amides is 3. The molecule has 3 amide bonds. The molecule has 4 rings (SSSR count). The number of ether oxygens (including phenoxy) is 1. The second-order valence-corrected chi connectivity index (χ2v) is 6.06. The van der Waals surface area contributed by atoms with Crippen molar-refractivity contribution in [1.82, 2.24) is 10.3 Å². The quantitative estimate of drug-likeness (QED) is 0.898. The van der Waals surface area contributed by atoms with E-state index in [1.807, 2.05) is 30.3 Å². The Hall–Kier alpha value is -3.09. The van der Waals surface area contributed by atoms with Gasteiger partial charge in [-0.05, 0) is 23.8 Å². The van der Waals surface area contributed by atoms with Crippen LogP contribution in [0.15, 0.2) is 36.5 Å². The highest BCUT2D eigenvalue weighted by Gasteiger charge is 2.30. The fraction of sp³-hybridized carbons (Fsp3) is 0.278. The van der Waals surface area contributed by atoms with Crippen molar-refractivity contribution < 1.29 is 14.3 Å². The second kappa shape index (κ2) is 6.08. The third-order valence-electron chi connectivity index (χ3n) is 4.61. The molecule has 1 saturated heterocycles. The summed E-state index contributed by atoms with van der Waals surface area (Å²) in [4.78, 5) is 30.0. The van der Waals surface area contributed by atoms with Crippen LogP contribution in [0.1, 0.15) is 23.5 Å². The average Bonchev–Trinajstić information content (AvgIpc) is 3.06. The fourth-order valence-electron chi connectivity index (χ4n) is 3.46. The number of hydrogen-bond acceptors (Lipinski definition) is 4. The standard InChI is InChI=1S/C18H18N4O3/c1-25-17-13(3-2-6-19-17)14-10-16(23)21-15-9-11(4-5-12(14)15)22-8-7-20-18(22)24/h2-6,9,14H,7-8,10H2,1H3,(H,20,24)(H,21,23). The van der Waals surface area contributed by atoms with E-state index in [4.69, 9.17) is 4.74 Å². The highest BCUT2D eigenvalue weighted by molar-refractivity contribution is 5.98. The second-order valence-electron chi connectivity index (χ2n) is 6.06. The van der Waals surface area contributed by atoms with Gasteiger partial charge in [-0.25, -0.2) is 9.78 Å². The van der Waals surface area contributed by atoms with Gasteiger partial charge in [-0.2, -0.15) is 0 Å². The van der Waals surface area contributed by atoms with Gasteiger partial charge in [-0.15, -0.1) is 0 Å². The lowest BCUT2D eigenvalue weighted by Gasteiger charge is -2.28. The van der Waals surface area contributed by atoms with Crippen LogP contribution in [0.2, 0.25) is 0 Å². The van der Waals surface area contributed by atoms with Crippen molar-refractivity contribution in [3.8, 4) is 5.88 Å². The number of aromatic nitrogens is 1. The highest BCUT2D eigenvalue weighted by Crippen LogP contribution is 2.41. The van der Waals surface area contributed by atoms with Crippen LogP contribution < -0.4 is 20.3 Å². The number of urea groups is 1. The Kier molecular flexibility index (Phi) is 3.76. The van der Waals surface area contributed by atoms with Crippen LogP contribution in [0.3, 0.4) is 0 Å². The molecule has 1 atom stereocenters. The number of anilines is 2. The van der Waals surface area contributed by atoms with Gasteiger partial charge in [0.05, 0.1) is 7.11 Å². The normalized spacial score (nSPS) is 19.2. The van der Waals surface area contributed by atoms with Gasteiger partial charge in [0.25, 0.3) is 0 Å². The van der Waals surface area contributed by atoms with E-state index in [1.54, 1.807) is 18.2 Å². The number of hydrogen-bond donors (Lipinski definition) is 2. The maximum absolute atomic E-state index is 12.2. The third kappa shape index (κ3) is 2.67. The van der Waals surface area contributed by atoms with Crippen LogP contribution in [-0.4, -0.2) is 37.1 Å². The van der Waals surface area contributed by atoms with Gasteiger partial charge in [-0.1, -0.05) is 12.1 Å². The van der Waals surface area contributed by atoms with Gasteiger partial charge in [0.1, 0.15) is 0 Å². The molecule has 128 valence electrons. The zero-order chi connectivity index (χ0) is 17.4. The summed E-state index contributed by atoms with van der Waals surface area (Å²) in [5.41, 5.74) is 3.37. The number of carbonyl (C=O) groups excluding carboxylic acids is 2. The van der Waals surface area contributed by atoms with Crippen molar-refractivity contribution in [2.75, 3.05) is 30.4 Å². The number of benzene rings is 1. The molecular weight excluding hydrogens is 320 g/mol. The molecule has 2 aromatic rings. The SMILES string of the molecule is COc1ncccc1C1CC(=O)Nc2cc(N3CCNC3=O)ccc21. The van der Waals surface area contributed by atoms with E-state index in [0.717, 1.165) is 22.5 Å². The Morgan fingerprint density at radius 2 is 2.12 bits per heavy atom. The fourth-order valence-corrected chi connectivity index (χ4v) is 3.46. The van der Waals surface area contributed by atoms with E-state index in [2.05, 4.69) is 15.6 Å². The molecule has 1 aromatic carbocycles. The van der Waals surface area contributed by atoms with Crippen molar-refractivity contribution in [3.05, 3.63) is 47.7 Å². The molecule has 2 aliphatic heterocycles. The summed E-state index contributed by atoms with van der Waals surface area (Å²) in [7, 11) is 1.57. The molecule has 1 fully saturated rings. The topological polar surface area (TPSA) is 83.6 Å². The van der Waals surface area contributed by atoms with Crippen molar-refractivity contribution in [2.45, 2.75) is 12.3 Å². The molecule has 0 radical (unpaired) electrons. The van der Waals surface area contributed by atoms with Gasteiger partial charge in [-0.3, -0.25) is 9.69 Å². The summed E-state index contributed by atoms with van der Waals surface area (Å²) in [5, 5.41) is 5.70. The van der Waals surface area contributed by atoms with Gasteiger partial charge in [0.15, 0.2) is 0 Å². The molecule has 2 aliphatic rings. The van der Waals surface area contributed by atoms with Gasteiger partial charge < -0.3 is 15.4 Å². The molecule has 0 spiro atoms. The lowest BCUT2D eigenvalue weighted by molar-refractivity contribution is -0.116. The summed E-state index contributed by atoms with van der Waals surface area (Å²) in [6.45, 7) is 1.24. The van der Waals surface area contributed by atoms with E-state index in [9.17, 15) is 9.59 Å².